The van der Waals surface area contributed by atoms with Gasteiger partial charge in [-0.15, -0.1) is 0 Å². The average molecular weight is 275 g/mol. The fraction of sp³-hybridized carbons (Fsp3) is 0.250. The van der Waals surface area contributed by atoms with Crippen LogP contribution >= 0.6 is 11.6 Å². The summed E-state index contributed by atoms with van der Waals surface area (Å²) in [7, 11) is 0. The molecule has 1 aliphatic rings. The van der Waals surface area contributed by atoms with Gasteiger partial charge < -0.3 is 9.84 Å². The molecule has 0 saturated heterocycles. The molecule has 0 saturated carbocycles. The fourth-order valence-corrected chi connectivity index (χ4v) is 3.06. The van der Waals surface area contributed by atoms with E-state index in [0.717, 1.165) is 16.7 Å². The van der Waals surface area contributed by atoms with Crippen molar-refractivity contribution in [2.24, 2.45) is 0 Å². The van der Waals surface area contributed by atoms with Crippen LogP contribution in [0.3, 0.4) is 0 Å². The normalized spacial score (nSPS) is 21.6. The van der Waals surface area contributed by atoms with Crippen molar-refractivity contribution >= 4 is 11.6 Å². The predicted molar refractivity (Wildman–Crippen MR) is 75.7 cm³/mol. The topological polar surface area (TPSA) is 29.5 Å². The zero-order valence-electron chi connectivity index (χ0n) is 10.7. The second kappa shape index (κ2) is 4.55. The highest BCUT2D eigenvalue weighted by Crippen LogP contribution is 2.44. The number of aryl methyl sites for hydroxylation is 1. The van der Waals surface area contributed by atoms with E-state index >= 15 is 0 Å². The van der Waals surface area contributed by atoms with E-state index in [-0.39, 0.29) is 0 Å². The number of fused-ring (bicyclic) bond motifs is 1. The van der Waals surface area contributed by atoms with Crippen LogP contribution < -0.4 is 4.74 Å². The number of rotatable bonds is 1. The highest BCUT2D eigenvalue weighted by molar-refractivity contribution is 6.30. The minimum Gasteiger partial charge on any atom is -0.493 e. The molecule has 2 nitrogen and oxygen atoms in total. The highest BCUT2D eigenvalue weighted by Gasteiger charge is 2.38. The van der Waals surface area contributed by atoms with E-state index in [1.165, 1.54) is 0 Å². The third-order valence-electron chi connectivity index (χ3n) is 3.65. The Balaban J connectivity index is 2.23. The molecule has 3 rings (SSSR count). The van der Waals surface area contributed by atoms with Crippen LogP contribution in [0, 0.1) is 6.92 Å². The van der Waals surface area contributed by atoms with Crippen molar-refractivity contribution < 1.29 is 9.84 Å². The number of benzene rings is 2. The molecule has 19 heavy (non-hydrogen) atoms. The summed E-state index contributed by atoms with van der Waals surface area (Å²) in [5, 5.41) is 11.8. The van der Waals surface area contributed by atoms with Gasteiger partial charge in [0.25, 0.3) is 0 Å². The first-order chi connectivity index (χ1) is 9.11. The van der Waals surface area contributed by atoms with Crippen LogP contribution in [0.2, 0.25) is 5.02 Å². The van der Waals surface area contributed by atoms with Crippen LogP contribution in [0.15, 0.2) is 42.5 Å². The third-order valence-corrected chi connectivity index (χ3v) is 3.87. The van der Waals surface area contributed by atoms with E-state index in [0.29, 0.717) is 23.8 Å². The van der Waals surface area contributed by atoms with Crippen LogP contribution in [0.4, 0.5) is 0 Å². The molecule has 0 amide bonds. The predicted octanol–water partition coefficient (Wildman–Crippen LogP) is 3.67. The van der Waals surface area contributed by atoms with Crippen LogP contribution in [0.1, 0.15) is 23.1 Å². The molecule has 0 bridgehead atoms. The minimum atomic E-state index is -0.997. The fourth-order valence-electron chi connectivity index (χ4n) is 2.79. The third kappa shape index (κ3) is 2.01. The summed E-state index contributed by atoms with van der Waals surface area (Å²) in [6.07, 6.45) is 0.548. The molecular weight excluding hydrogens is 260 g/mol. The standard InChI is InChI=1S/C16H15ClO2/c1-11-9-13(17)10-14-15(11)16(18,7-8-19-14)12-5-3-2-4-6-12/h2-6,9-10,18H,7-8H2,1H3. The lowest BCUT2D eigenvalue weighted by molar-refractivity contribution is 0.0342. The largest absolute Gasteiger partial charge is 0.493 e. The zero-order chi connectivity index (χ0) is 13.5. The van der Waals surface area contributed by atoms with Crippen molar-refractivity contribution in [3.05, 3.63) is 64.2 Å². The van der Waals surface area contributed by atoms with Crippen molar-refractivity contribution in [3.63, 3.8) is 0 Å². The van der Waals surface area contributed by atoms with E-state index in [1.54, 1.807) is 6.07 Å². The van der Waals surface area contributed by atoms with Gasteiger partial charge >= 0.3 is 0 Å². The summed E-state index contributed by atoms with van der Waals surface area (Å²) in [6, 6.07) is 13.4. The maximum absolute atomic E-state index is 11.1. The molecule has 0 spiro atoms. The van der Waals surface area contributed by atoms with Gasteiger partial charge in [-0.05, 0) is 30.2 Å². The van der Waals surface area contributed by atoms with E-state index in [9.17, 15) is 5.11 Å². The average Bonchev–Trinajstić information content (AvgIpc) is 2.39. The summed E-state index contributed by atoms with van der Waals surface area (Å²) in [6.45, 7) is 2.44. The molecular formula is C16H15ClO2. The minimum absolute atomic E-state index is 0.484. The summed E-state index contributed by atoms with van der Waals surface area (Å²) in [5.74, 6) is 0.683. The van der Waals surface area contributed by atoms with E-state index < -0.39 is 5.60 Å². The molecule has 1 unspecified atom stereocenters. The Morgan fingerprint density at radius 3 is 2.68 bits per heavy atom. The van der Waals surface area contributed by atoms with Crippen molar-refractivity contribution in [1.82, 2.24) is 0 Å². The molecule has 3 heteroatoms. The molecule has 98 valence electrons. The Kier molecular flexibility index (Phi) is 3.00. The lowest BCUT2D eigenvalue weighted by atomic mass is 9.80. The number of halogens is 1. The van der Waals surface area contributed by atoms with Gasteiger partial charge in [0.2, 0.25) is 0 Å². The second-order valence-corrected chi connectivity index (χ2v) is 5.36. The molecule has 0 aliphatic carbocycles. The van der Waals surface area contributed by atoms with Crippen LogP contribution in [-0.2, 0) is 5.60 Å². The van der Waals surface area contributed by atoms with Gasteiger partial charge in [0.05, 0.1) is 6.61 Å². The summed E-state index contributed by atoms with van der Waals surface area (Å²) >= 11 is 6.06. The van der Waals surface area contributed by atoms with Crippen LogP contribution in [0.5, 0.6) is 5.75 Å². The zero-order valence-corrected chi connectivity index (χ0v) is 11.4. The van der Waals surface area contributed by atoms with Crippen molar-refractivity contribution in [1.29, 1.82) is 0 Å². The number of aliphatic hydroxyl groups is 1. The molecule has 2 aromatic carbocycles. The van der Waals surface area contributed by atoms with Crippen LogP contribution in [-0.4, -0.2) is 11.7 Å². The summed E-state index contributed by atoms with van der Waals surface area (Å²) < 4.78 is 5.66. The molecule has 1 heterocycles. The smallest absolute Gasteiger partial charge is 0.127 e. The highest BCUT2D eigenvalue weighted by atomic mass is 35.5. The summed E-state index contributed by atoms with van der Waals surface area (Å²) in [5.41, 5.74) is 1.68. The Morgan fingerprint density at radius 2 is 1.95 bits per heavy atom. The maximum atomic E-state index is 11.1. The molecule has 1 N–H and O–H groups in total. The van der Waals surface area contributed by atoms with E-state index in [2.05, 4.69) is 0 Å². The molecule has 0 aromatic heterocycles. The van der Waals surface area contributed by atoms with Gasteiger partial charge in [0.1, 0.15) is 11.4 Å². The number of hydrogen-bond donors (Lipinski definition) is 1. The Bertz CT molecular complexity index is 610. The monoisotopic (exact) mass is 274 g/mol. The lowest BCUT2D eigenvalue weighted by Crippen LogP contribution is -2.34. The van der Waals surface area contributed by atoms with E-state index in [1.807, 2.05) is 43.3 Å². The van der Waals surface area contributed by atoms with Gasteiger partial charge in [-0.1, -0.05) is 41.9 Å². The first kappa shape index (κ1) is 12.5. The number of hydrogen-bond acceptors (Lipinski definition) is 2. The summed E-state index contributed by atoms with van der Waals surface area (Å²) in [4.78, 5) is 0. The van der Waals surface area contributed by atoms with Crippen molar-refractivity contribution in [2.75, 3.05) is 6.61 Å². The Morgan fingerprint density at radius 1 is 1.21 bits per heavy atom. The van der Waals surface area contributed by atoms with Crippen molar-refractivity contribution in [2.45, 2.75) is 18.9 Å². The van der Waals surface area contributed by atoms with Gasteiger partial charge in [-0.3, -0.25) is 0 Å². The lowest BCUT2D eigenvalue weighted by Gasteiger charge is -2.36. The Hall–Kier alpha value is -1.51. The van der Waals surface area contributed by atoms with Gasteiger partial charge in [-0.25, -0.2) is 0 Å². The molecule has 1 aliphatic heterocycles. The quantitative estimate of drug-likeness (QED) is 0.860. The van der Waals surface area contributed by atoms with Crippen LogP contribution in [0.25, 0.3) is 0 Å². The van der Waals surface area contributed by atoms with Crippen molar-refractivity contribution in [3.8, 4) is 5.75 Å². The number of ether oxygens (including phenoxy) is 1. The van der Waals surface area contributed by atoms with Gasteiger partial charge in [-0.2, -0.15) is 0 Å². The first-order valence-electron chi connectivity index (χ1n) is 6.32. The molecule has 2 aromatic rings. The molecule has 0 fully saturated rings. The molecule has 1 atom stereocenters. The van der Waals surface area contributed by atoms with Gasteiger partial charge in [0.15, 0.2) is 0 Å². The SMILES string of the molecule is Cc1cc(Cl)cc2c1C(O)(c1ccccc1)CCO2. The molecule has 0 radical (unpaired) electrons. The second-order valence-electron chi connectivity index (χ2n) is 4.92. The maximum Gasteiger partial charge on any atom is 0.127 e. The van der Waals surface area contributed by atoms with E-state index in [4.69, 9.17) is 16.3 Å². The first-order valence-corrected chi connectivity index (χ1v) is 6.70. The van der Waals surface area contributed by atoms with Gasteiger partial charge in [0, 0.05) is 17.0 Å². The Labute approximate surface area is 117 Å².